The Morgan fingerprint density at radius 2 is 1.96 bits per heavy atom. The summed E-state index contributed by atoms with van der Waals surface area (Å²) in [6.45, 7) is 2.05. The standard InChI is InChI=1S/C19H19NO5/c1-12(18(22)20-9-4-10-21)24-13-7-8-15-14-5-2-3-6-16(14)19(23)25-17(15)11-13/h2-3,5-8,11-12,21H,4,9-10H2,1H3,(H,20,22)/t12-/m1/s1. The number of benzene rings is 2. The van der Waals surface area contributed by atoms with Crippen LogP contribution in [-0.4, -0.2) is 30.3 Å². The molecule has 1 atom stereocenters. The smallest absolute Gasteiger partial charge is 0.344 e. The molecule has 1 aromatic heterocycles. The van der Waals surface area contributed by atoms with Crippen molar-refractivity contribution < 1.29 is 19.1 Å². The van der Waals surface area contributed by atoms with Gasteiger partial charge >= 0.3 is 5.63 Å². The summed E-state index contributed by atoms with van der Waals surface area (Å²) >= 11 is 0. The highest BCUT2D eigenvalue weighted by molar-refractivity contribution is 6.04. The molecule has 0 bridgehead atoms. The van der Waals surface area contributed by atoms with Crippen molar-refractivity contribution in [2.45, 2.75) is 19.4 Å². The van der Waals surface area contributed by atoms with Crippen molar-refractivity contribution in [3.8, 4) is 5.75 Å². The lowest BCUT2D eigenvalue weighted by Gasteiger charge is -2.15. The normalized spacial score (nSPS) is 12.2. The molecule has 0 saturated carbocycles. The van der Waals surface area contributed by atoms with Gasteiger partial charge in [0.15, 0.2) is 6.10 Å². The number of nitrogens with one attached hydrogen (secondary N) is 1. The van der Waals surface area contributed by atoms with Gasteiger partial charge in [0.05, 0.1) is 5.39 Å². The molecular weight excluding hydrogens is 322 g/mol. The van der Waals surface area contributed by atoms with E-state index in [9.17, 15) is 9.59 Å². The highest BCUT2D eigenvalue weighted by Gasteiger charge is 2.15. The average molecular weight is 341 g/mol. The molecule has 0 unspecified atom stereocenters. The number of amides is 1. The quantitative estimate of drug-likeness (QED) is 0.408. The van der Waals surface area contributed by atoms with Gasteiger partial charge in [-0.2, -0.15) is 0 Å². The number of carbonyl (C=O) groups excluding carboxylic acids is 1. The number of rotatable bonds is 6. The van der Waals surface area contributed by atoms with Crippen LogP contribution < -0.4 is 15.7 Å². The predicted molar refractivity (Wildman–Crippen MR) is 94.8 cm³/mol. The minimum atomic E-state index is -0.705. The lowest BCUT2D eigenvalue weighted by molar-refractivity contribution is -0.127. The third-order valence-corrected chi connectivity index (χ3v) is 3.91. The fraction of sp³-hybridized carbons (Fsp3) is 0.263. The Morgan fingerprint density at radius 3 is 2.72 bits per heavy atom. The van der Waals surface area contributed by atoms with Crippen molar-refractivity contribution >= 4 is 27.6 Å². The summed E-state index contributed by atoms with van der Waals surface area (Å²) in [4.78, 5) is 24.0. The second-order valence-corrected chi connectivity index (χ2v) is 5.72. The Kier molecular flexibility index (Phi) is 5.00. The molecule has 0 aliphatic carbocycles. The molecule has 0 fully saturated rings. The van der Waals surface area contributed by atoms with Crippen molar-refractivity contribution in [1.82, 2.24) is 5.32 Å². The SMILES string of the molecule is C[C@@H](Oc1ccc2c(c1)oc(=O)c1ccccc12)C(=O)NCCCO. The van der Waals surface area contributed by atoms with Crippen LogP contribution in [-0.2, 0) is 4.79 Å². The number of carbonyl (C=O) groups is 1. The van der Waals surface area contributed by atoms with E-state index < -0.39 is 11.7 Å². The molecule has 3 rings (SSSR count). The van der Waals surface area contributed by atoms with Crippen molar-refractivity contribution in [2.75, 3.05) is 13.2 Å². The second kappa shape index (κ2) is 7.36. The van der Waals surface area contributed by atoms with E-state index in [2.05, 4.69) is 5.32 Å². The van der Waals surface area contributed by atoms with Gasteiger partial charge in [0, 0.05) is 24.6 Å². The maximum absolute atomic E-state index is 12.1. The molecule has 0 saturated heterocycles. The lowest BCUT2D eigenvalue weighted by atomic mass is 10.1. The first kappa shape index (κ1) is 17.0. The summed E-state index contributed by atoms with van der Waals surface area (Å²) in [7, 11) is 0. The van der Waals surface area contributed by atoms with E-state index in [1.165, 1.54) is 0 Å². The molecule has 25 heavy (non-hydrogen) atoms. The van der Waals surface area contributed by atoms with Gasteiger partial charge in [-0.05, 0) is 36.9 Å². The van der Waals surface area contributed by atoms with E-state index in [0.717, 1.165) is 10.8 Å². The summed E-state index contributed by atoms with van der Waals surface area (Å²) in [5, 5.41) is 13.6. The van der Waals surface area contributed by atoms with E-state index in [1.807, 2.05) is 18.2 Å². The zero-order valence-corrected chi connectivity index (χ0v) is 13.8. The molecule has 2 aromatic carbocycles. The van der Waals surface area contributed by atoms with Gasteiger partial charge in [-0.1, -0.05) is 18.2 Å². The van der Waals surface area contributed by atoms with Crippen LogP contribution in [0.2, 0.25) is 0 Å². The van der Waals surface area contributed by atoms with Gasteiger partial charge in [0.25, 0.3) is 5.91 Å². The van der Waals surface area contributed by atoms with Gasteiger partial charge in [0.2, 0.25) is 0 Å². The average Bonchev–Trinajstić information content (AvgIpc) is 2.62. The Morgan fingerprint density at radius 1 is 1.20 bits per heavy atom. The minimum Gasteiger partial charge on any atom is -0.481 e. The van der Waals surface area contributed by atoms with Gasteiger partial charge in [-0.25, -0.2) is 4.79 Å². The summed E-state index contributed by atoms with van der Waals surface area (Å²) < 4.78 is 11.0. The molecule has 3 aromatic rings. The van der Waals surface area contributed by atoms with Crippen LogP contribution in [0.3, 0.4) is 0 Å². The van der Waals surface area contributed by atoms with Crippen LogP contribution in [0.4, 0.5) is 0 Å². The van der Waals surface area contributed by atoms with Crippen LogP contribution in [0.1, 0.15) is 13.3 Å². The van der Waals surface area contributed by atoms with E-state index in [4.69, 9.17) is 14.3 Å². The minimum absolute atomic E-state index is 0.0210. The van der Waals surface area contributed by atoms with E-state index >= 15 is 0 Å². The first-order chi connectivity index (χ1) is 12.1. The molecule has 6 nitrogen and oxygen atoms in total. The lowest BCUT2D eigenvalue weighted by Crippen LogP contribution is -2.37. The van der Waals surface area contributed by atoms with Crippen molar-refractivity contribution in [1.29, 1.82) is 0 Å². The topological polar surface area (TPSA) is 88.8 Å². The monoisotopic (exact) mass is 341 g/mol. The molecule has 0 radical (unpaired) electrons. The Hall–Kier alpha value is -2.86. The summed E-state index contributed by atoms with van der Waals surface area (Å²) in [6.07, 6.45) is -0.213. The van der Waals surface area contributed by atoms with E-state index in [1.54, 1.807) is 31.2 Å². The molecule has 0 aliphatic rings. The Bertz CT molecular complexity index is 963. The summed E-state index contributed by atoms with van der Waals surface area (Å²) in [6, 6.07) is 12.4. The van der Waals surface area contributed by atoms with Gasteiger partial charge in [-0.3, -0.25) is 4.79 Å². The maximum Gasteiger partial charge on any atom is 0.344 e. The number of aliphatic hydroxyl groups is 1. The van der Waals surface area contributed by atoms with Crippen LogP contribution in [0.5, 0.6) is 5.75 Å². The summed E-state index contributed by atoms with van der Waals surface area (Å²) in [5.41, 5.74) is 0.00383. The molecule has 1 amide bonds. The van der Waals surface area contributed by atoms with Gasteiger partial charge < -0.3 is 19.6 Å². The number of fused-ring (bicyclic) bond motifs is 3. The number of hydrogen-bond donors (Lipinski definition) is 2. The van der Waals surface area contributed by atoms with Crippen LogP contribution in [0.15, 0.2) is 51.7 Å². The number of ether oxygens (including phenoxy) is 1. The first-order valence-corrected chi connectivity index (χ1v) is 8.11. The van der Waals surface area contributed by atoms with Gasteiger partial charge in [-0.15, -0.1) is 0 Å². The number of aliphatic hydroxyl groups excluding tert-OH is 1. The van der Waals surface area contributed by atoms with Gasteiger partial charge in [0.1, 0.15) is 11.3 Å². The predicted octanol–water partition coefficient (Wildman–Crippen LogP) is 2.21. The molecule has 0 spiro atoms. The van der Waals surface area contributed by atoms with E-state index in [-0.39, 0.29) is 12.5 Å². The highest BCUT2D eigenvalue weighted by Crippen LogP contribution is 2.26. The molecule has 6 heteroatoms. The number of hydrogen-bond acceptors (Lipinski definition) is 5. The highest BCUT2D eigenvalue weighted by atomic mass is 16.5. The molecule has 2 N–H and O–H groups in total. The Balaban J connectivity index is 1.85. The largest absolute Gasteiger partial charge is 0.481 e. The molecular formula is C19H19NO5. The molecule has 130 valence electrons. The fourth-order valence-corrected chi connectivity index (χ4v) is 2.63. The third kappa shape index (κ3) is 3.64. The summed E-state index contributed by atoms with van der Waals surface area (Å²) in [5.74, 6) is 0.171. The van der Waals surface area contributed by atoms with Crippen molar-refractivity contribution in [2.24, 2.45) is 0 Å². The fourth-order valence-electron chi connectivity index (χ4n) is 2.63. The Labute approximate surface area is 144 Å². The maximum atomic E-state index is 12.1. The van der Waals surface area contributed by atoms with Crippen molar-refractivity contribution in [3.05, 3.63) is 52.9 Å². The van der Waals surface area contributed by atoms with Crippen molar-refractivity contribution in [3.63, 3.8) is 0 Å². The molecule has 0 aliphatic heterocycles. The zero-order valence-electron chi connectivity index (χ0n) is 13.8. The first-order valence-electron chi connectivity index (χ1n) is 8.11. The third-order valence-electron chi connectivity index (χ3n) is 3.91. The zero-order chi connectivity index (χ0) is 17.8. The van der Waals surface area contributed by atoms with Crippen LogP contribution in [0, 0.1) is 0 Å². The van der Waals surface area contributed by atoms with E-state index in [0.29, 0.717) is 29.7 Å². The second-order valence-electron chi connectivity index (χ2n) is 5.72. The molecule has 1 heterocycles. The van der Waals surface area contributed by atoms with Crippen LogP contribution >= 0.6 is 0 Å². The van der Waals surface area contributed by atoms with Crippen LogP contribution in [0.25, 0.3) is 21.7 Å².